The van der Waals surface area contributed by atoms with Crippen molar-refractivity contribution in [3.05, 3.63) is 223 Å². The molecule has 4 nitrogen and oxygen atoms in total. The summed E-state index contributed by atoms with van der Waals surface area (Å²) in [4.78, 5) is 15.9. The molecule has 2 heterocycles. The van der Waals surface area contributed by atoms with Crippen LogP contribution in [0.15, 0.2) is 217 Å². The molecule has 0 bridgehead atoms. The smallest absolute Gasteiger partial charge is 0.164 e. The van der Waals surface area contributed by atoms with Gasteiger partial charge < -0.3 is 4.42 Å². The lowest BCUT2D eigenvalue weighted by Gasteiger charge is -2.21. The Morgan fingerprint density at radius 3 is 1.58 bits per heavy atom. The molecule has 1 aliphatic rings. The van der Waals surface area contributed by atoms with Crippen LogP contribution >= 0.6 is 0 Å². The van der Waals surface area contributed by atoms with Crippen LogP contribution in [0.2, 0.25) is 0 Å². The molecule has 0 unspecified atom stereocenters. The third-order valence-corrected chi connectivity index (χ3v) is 13.8. The summed E-state index contributed by atoms with van der Waals surface area (Å²) in [7, 11) is 0. The zero-order valence-corrected chi connectivity index (χ0v) is 36.5. The minimum atomic E-state index is -0.175. The molecule has 2 aromatic heterocycles. The van der Waals surface area contributed by atoms with Crippen LogP contribution in [0.3, 0.4) is 0 Å². The Bertz CT molecular complexity index is 3890. The lowest BCUT2D eigenvalue weighted by molar-refractivity contribution is 0.660. The number of hydrogen-bond acceptors (Lipinski definition) is 4. The van der Waals surface area contributed by atoms with Gasteiger partial charge in [0, 0.05) is 38.4 Å². The molecular weight excluding hydrogens is 803 g/mol. The molecule has 1 aliphatic carbocycles. The van der Waals surface area contributed by atoms with Gasteiger partial charge >= 0.3 is 0 Å². The molecule has 12 aromatic rings. The number of nitrogens with zero attached hydrogens (tertiary/aromatic N) is 3. The maximum atomic E-state index is 7.09. The topological polar surface area (TPSA) is 51.8 Å². The van der Waals surface area contributed by atoms with E-state index in [0.29, 0.717) is 17.5 Å². The van der Waals surface area contributed by atoms with E-state index in [0.717, 1.165) is 71.7 Å². The molecule has 310 valence electrons. The van der Waals surface area contributed by atoms with E-state index < -0.39 is 0 Å². The molecule has 4 heteroatoms. The van der Waals surface area contributed by atoms with E-state index in [9.17, 15) is 0 Å². The summed E-state index contributed by atoms with van der Waals surface area (Å²) in [5.41, 5.74) is 16.2. The zero-order chi connectivity index (χ0) is 43.9. The Hall–Kier alpha value is -8.47. The van der Waals surface area contributed by atoms with E-state index in [1.807, 2.05) is 6.07 Å². The fourth-order valence-corrected chi connectivity index (χ4v) is 10.5. The van der Waals surface area contributed by atoms with Gasteiger partial charge in [0.25, 0.3) is 0 Å². The summed E-state index contributed by atoms with van der Waals surface area (Å²) in [5.74, 6) is 1.82. The van der Waals surface area contributed by atoms with E-state index in [1.54, 1.807) is 0 Å². The van der Waals surface area contributed by atoms with E-state index in [4.69, 9.17) is 19.4 Å². The van der Waals surface area contributed by atoms with Gasteiger partial charge in [0.1, 0.15) is 11.2 Å². The highest BCUT2D eigenvalue weighted by Crippen LogP contribution is 2.50. The summed E-state index contributed by atoms with van der Waals surface area (Å²) >= 11 is 0. The Morgan fingerprint density at radius 2 is 0.818 bits per heavy atom. The summed E-state index contributed by atoms with van der Waals surface area (Å²) in [6.07, 6.45) is 0. The summed E-state index contributed by atoms with van der Waals surface area (Å²) in [5, 5.41) is 6.65. The van der Waals surface area contributed by atoms with Gasteiger partial charge in [-0.2, -0.15) is 0 Å². The van der Waals surface area contributed by atoms with Crippen LogP contribution in [-0.4, -0.2) is 15.0 Å². The largest absolute Gasteiger partial charge is 0.455 e. The molecule has 0 radical (unpaired) electrons. The molecule has 0 saturated carbocycles. The van der Waals surface area contributed by atoms with Crippen molar-refractivity contribution in [2.45, 2.75) is 19.3 Å². The van der Waals surface area contributed by atoms with Crippen LogP contribution in [0.5, 0.6) is 0 Å². The Balaban J connectivity index is 1.01. The third-order valence-electron chi connectivity index (χ3n) is 13.8. The number of hydrogen-bond donors (Lipinski definition) is 0. The zero-order valence-electron chi connectivity index (χ0n) is 36.5. The maximum absolute atomic E-state index is 7.09. The first-order valence-corrected chi connectivity index (χ1v) is 22.6. The number of para-hydroxylation sites is 1. The van der Waals surface area contributed by atoms with Crippen LogP contribution in [0.25, 0.3) is 122 Å². The quantitative estimate of drug-likeness (QED) is 0.167. The first-order chi connectivity index (χ1) is 32.5. The van der Waals surface area contributed by atoms with Crippen molar-refractivity contribution in [3.8, 4) is 78.7 Å². The van der Waals surface area contributed by atoms with Crippen molar-refractivity contribution in [2.24, 2.45) is 0 Å². The van der Waals surface area contributed by atoms with Gasteiger partial charge in [0.2, 0.25) is 0 Å². The highest BCUT2D eigenvalue weighted by atomic mass is 16.3. The second-order valence-electron chi connectivity index (χ2n) is 17.9. The minimum absolute atomic E-state index is 0.175. The average Bonchev–Trinajstić information content (AvgIpc) is 3.88. The highest BCUT2D eigenvalue weighted by Gasteiger charge is 2.35. The maximum Gasteiger partial charge on any atom is 0.164 e. The monoisotopic (exact) mass is 843 g/mol. The highest BCUT2D eigenvalue weighted by molar-refractivity contribution is 6.24. The van der Waals surface area contributed by atoms with Crippen molar-refractivity contribution in [1.29, 1.82) is 0 Å². The minimum Gasteiger partial charge on any atom is -0.455 e. The lowest BCUT2D eigenvalue weighted by atomic mass is 9.82. The van der Waals surface area contributed by atoms with Crippen molar-refractivity contribution in [2.75, 3.05) is 0 Å². The first-order valence-electron chi connectivity index (χ1n) is 22.6. The Labute approximate surface area is 382 Å². The summed E-state index contributed by atoms with van der Waals surface area (Å²) < 4.78 is 7.09. The SMILES string of the molecule is CC1(C)c2ccccc2-c2ccc(-c3nc(-c4ccc(-c5ccccc5)cc4)nc(-c4cc5oc6c(-c7ccc(-c8ccccc8)c8ccccc78)cccc6c5c5ccccc45)n3)cc21. The van der Waals surface area contributed by atoms with Gasteiger partial charge in [0.15, 0.2) is 17.5 Å². The van der Waals surface area contributed by atoms with Crippen molar-refractivity contribution in [3.63, 3.8) is 0 Å². The molecular formula is C62H41N3O. The standard InChI is InChI=1S/C62H41N3O/c1-62(2)54-27-14-13-23-48(54)49-33-32-42(36-55(49)62)60-63-59(41-30-28-39(29-31-41)38-16-5-3-6-17-38)64-61(65-60)53-37-56-57(50-24-12-11-22-46(50)53)52-26-15-25-51(58(52)66-56)47-35-34-43(40-18-7-4-8-19-40)44-20-9-10-21-45(44)47/h3-37H,1-2H3. The van der Waals surface area contributed by atoms with Crippen LogP contribution in [0.4, 0.5) is 0 Å². The second kappa shape index (κ2) is 14.8. The Kier molecular flexibility index (Phi) is 8.53. The number of fused-ring (bicyclic) bond motifs is 9. The Morgan fingerprint density at radius 1 is 0.318 bits per heavy atom. The molecule has 0 N–H and O–H groups in total. The number of rotatable bonds is 6. The predicted molar refractivity (Wildman–Crippen MR) is 272 cm³/mol. The number of aromatic nitrogens is 3. The van der Waals surface area contributed by atoms with E-state index >= 15 is 0 Å². The predicted octanol–water partition coefficient (Wildman–Crippen LogP) is 16.4. The molecule has 13 rings (SSSR count). The van der Waals surface area contributed by atoms with Gasteiger partial charge in [-0.25, -0.2) is 15.0 Å². The normalized spacial score (nSPS) is 12.8. The molecule has 0 saturated heterocycles. The van der Waals surface area contributed by atoms with Gasteiger partial charge in [-0.05, 0) is 83.7 Å². The van der Waals surface area contributed by atoms with Gasteiger partial charge in [-0.1, -0.05) is 214 Å². The van der Waals surface area contributed by atoms with E-state index in [2.05, 4.69) is 220 Å². The van der Waals surface area contributed by atoms with Crippen LogP contribution < -0.4 is 0 Å². The van der Waals surface area contributed by atoms with Crippen molar-refractivity contribution < 1.29 is 4.42 Å². The van der Waals surface area contributed by atoms with E-state index in [-0.39, 0.29) is 5.41 Å². The molecule has 10 aromatic carbocycles. The fourth-order valence-electron chi connectivity index (χ4n) is 10.5. The van der Waals surface area contributed by atoms with Gasteiger partial charge in [-0.15, -0.1) is 0 Å². The molecule has 0 atom stereocenters. The first kappa shape index (κ1) is 38.0. The van der Waals surface area contributed by atoms with E-state index in [1.165, 1.54) is 44.2 Å². The van der Waals surface area contributed by atoms with Gasteiger partial charge in [0.05, 0.1) is 0 Å². The second-order valence-corrected chi connectivity index (χ2v) is 17.9. The molecule has 0 aliphatic heterocycles. The van der Waals surface area contributed by atoms with Gasteiger partial charge in [-0.3, -0.25) is 0 Å². The van der Waals surface area contributed by atoms with Crippen molar-refractivity contribution >= 4 is 43.5 Å². The summed E-state index contributed by atoms with van der Waals surface area (Å²) in [6, 6.07) is 75.4. The van der Waals surface area contributed by atoms with Crippen LogP contribution in [-0.2, 0) is 5.41 Å². The number of furan rings is 1. The fraction of sp³-hybridized carbons (Fsp3) is 0.0484. The lowest BCUT2D eigenvalue weighted by Crippen LogP contribution is -2.15. The van der Waals surface area contributed by atoms with Crippen LogP contribution in [0.1, 0.15) is 25.0 Å². The number of benzene rings is 10. The molecule has 0 spiro atoms. The molecule has 0 amide bonds. The van der Waals surface area contributed by atoms with Crippen molar-refractivity contribution in [1.82, 2.24) is 15.0 Å². The summed E-state index contributed by atoms with van der Waals surface area (Å²) in [6.45, 7) is 4.62. The molecule has 66 heavy (non-hydrogen) atoms. The van der Waals surface area contributed by atoms with Crippen LogP contribution in [0, 0.1) is 0 Å². The molecule has 0 fully saturated rings. The average molecular weight is 844 g/mol. The third kappa shape index (κ3) is 5.95.